The summed E-state index contributed by atoms with van der Waals surface area (Å²) in [7, 11) is 3.41. The van der Waals surface area contributed by atoms with Crippen LogP contribution in [0.4, 0.5) is 5.82 Å². The number of amides is 1. The third-order valence-corrected chi connectivity index (χ3v) is 5.76. The van der Waals surface area contributed by atoms with Gasteiger partial charge in [-0.1, -0.05) is 19.1 Å². The number of carbonyl (C=O) groups is 1. The van der Waals surface area contributed by atoms with Crippen LogP contribution in [0.15, 0.2) is 47.6 Å². The van der Waals surface area contributed by atoms with Crippen molar-refractivity contribution in [3.05, 3.63) is 59.3 Å². The van der Waals surface area contributed by atoms with Crippen LogP contribution >= 0.6 is 24.0 Å². The molecule has 2 aromatic rings. The number of hydrogen-bond acceptors (Lipinski definition) is 5. The van der Waals surface area contributed by atoms with Gasteiger partial charge in [0.25, 0.3) is 5.91 Å². The van der Waals surface area contributed by atoms with Crippen molar-refractivity contribution < 1.29 is 4.79 Å². The first-order chi connectivity index (χ1) is 15.6. The minimum absolute atomic E-state index is 0. The van der Waals surface area contributed by atoms with Gasteiger partial charge in [0.05, 0.1) is 0 Å². The van der Waals surface area contributed by atoms with E-state index in [1.165, 1.54) is 5.56 Å². The van der Waals surface area contributed by atoms with Crippen molar-refractivity contribution in [1.82, 2.24) is 25.8 Å². The van der Waals surface area contributed by atoms with Crippen LogP contribution in [0.1, 0.15) is 28.4 Å². The van der Waals surface area contributed by atoms with Crippen molar-refractivity contribution in [2.45, 2.75) is 19.9 Å². The number of guanidine groups is 1. The highest BCUT2D eigenvalue weighted by molar-refractivity contribution is 14.0. The second-order valence-electron chi connectivity index (χ2n) is 7.83. The number of nitrogens with one attached hydrogen (secondary N) is 3. The second-order valence-corrected chi connectivity index (χ2v) is 7.83. The zero-order valence-corrected chi connectivity index (χ0v) is 22.1. The van der Waals surface area contributed by atoms with Crippen LogP contribution in [0, 0.1) is 0 Å². The molecule has 8 nitrogen and oxygen atoms in total. The molecule has 0 aliphatic carbocycles. The van der Waals surface area contributed by atoms with Gasteiger partial charge in [0.15, 0.2) is 5.96 Å². The highest BCUT2D eigenvalue weighted by Gasteiger charge is 2.16. The number of aliphatic imine (C=N–C) groups is 1. The number of pyridine rings is 1. The van der Waals surface area contributed by atoms with E-state index in [2.05, 4.69) is 48.7 Å². The predicted octanol–water partition coefficient (Wildman–Crippen LogP) is 2.11. The highest BCUT2D eigenvalue weighted by Crippen LogP contribution is 2.15. The SMILES string of the molecule is CCN1CCN(c2cc(CNC(=NC)NCCc3cccc(C(=O)NC)c3)ccn2)CC1.I. The summed E-state index contributed by atoms with van der Waals surface area (Å²) in [6, 6.07) is 11.9. The number of piperazine rings is 1. The van der Waals surface area contributed by atoms with Crippen LogP contribution in [0.2, 0.25) is 0 Å². The van der Waals surface area contributed by atoms with Crippen molar-refractivity contribution in [2.75, 3.05) is 58.3 Å². The van der Waals surface area contributed by atoms with Crippen LogP contribution in [-0.4, -0.2) is 75.1 Å². The van der Waals surface area contributed by atoms with E-state index < -0.39 is 0 Å². The number of halogens is 1. The summed E-state index contributed by atoms with van der Waals surface area (Å²) in [5.74, 6) is 1.72. The van der Waals surface area contributed by atoms with Gasteiger partial charge in [-0.15, -0.1) is 24.0 Å². The van der Waals surface area contributed by atoms with Gasteiger partial charge in [-0.2, -0.15) is 0 Å². The summed E-state index contributed by atoms with van der Waals surface area (Å²) in [5, 5.41) is 9.38. The Morgan fingerprint density at radius 1 is 1.09 bits per heavy atom. The first-order valence-electron chi connectivity index (χ1n) is 11.3. The maximum atomic E-state index is 11.8. The van der Waals surface area contributed by atoms with Crippen LogP contribution in [0.25, 0.3) is 0 Å². The van der Waals surface area contributed by atoms with Gasteiger partial charge in [-0.3, -0.25) is 9.79 Å². The maximum absolute atomic E-state index is 11.8. The van der Waals surface area contributed by atoms with Gasteiger partial charge >= 0.3 is 0 Å². The molecule has 0 saturated carbocycles. The van der Waals surface area contributed by atoms with E-state index in [1.54, 1.807) is 14.1 Å². The first-order valence-corrected chi connectivity index (χ1v) is 11.3. The lowest BCUT2D eigenvalue weighted by Gasteiger charge is -2.34. The van der Waals surface area contributed by atoms with Crippen molar-refractivity contribution in [3.8, 4) is 0 Å². The molecule has 0 atom stereocenters. The number of rotatable bonds is 8. The molecular weight excluding hydrogens is 529 g/mol. The van der Waals surface area contributed by atoms with E-state index in [1.807, 2.05) is 36.5 Å². The summed E-state index contributed by atoms with van der Waals surface area (Å²) in [6.45, 7) is 8.92. The molecule has 3 rings (SSSR count). The fourth-order valence-electron chi connectivity index (χ4n) is 3.78. The summed E-state index contributed by atoms with van der Waals surface area (Å²) in [5.41, 5.74) is 2.96. The van der Waals surface area contributed by atoms with Gasteiger partial charge in [0.1, 0.15) is 5.82 Å². The second kappa shape index (κ2) is 14.0. The summed E-state index contributed by atoms with van der Waals surface area (Å²) < 4.78 is 0. The normalized spacial score (nSPS) is 14.4. The van der Waals surface area contributed by atoms with Crippen molar-refractivity contribution >= 4 is 41.7 Å². The Hall–Kier alpha value is -2.40. The quantitative estimate of drug-likeness (QED) is 0.259. The zero-order valence-electron chi connectivity index (χ0n) is 19.8. The third-order valence-electron chi connectivity index (χ3n) is 5.76. The molecule has 1 saturated heterocycles. The summed E-state index contributed by atoms with van der Waals surface area (Å²) in [4.78, 5) is 25.5. The molecular formula is C24H36IN7O. The number of aromatic nitrogens is 1. The number of likely N-dealkylation sites (N-methyl/N-ethyl adjacent to an activating group) is 1. The predicted molar refractivity (Wildman–Crippen MR) is 146 cm³/mol. The smallest absolute Gasteiger partial charge is 0.251 e. The van der Waals surface area contributed by atoms with Crippen LogP contribution in [0.3, 0.4) is 0 Å². The van der Waals surface area contributed by atoms with E-state index in [4.69, 9.17) is 0 Å². The molecule has 0 spiro atoms. The molecule has 2 heterocycles. The van der Waals surface area contributed by atoms with Crippen molar-refractivity contribution in [3.63, 3.8) is 0 Å². The third kappa shape index (κ3) is 8.15. The number of anilines is 1. The number of benzene rings is 1. The Kier molecular flexibility index (Phi) is 11.4. The fourth-order valence-corrected chi connectivity index (χ4v) is 3.78. The van der Waals surface area contributed by atoms with Gasteiger partial charge in [-0.05, 0) is 48.4 Å². The molecule has 9 heteroatoms. The molecule has 1 aromatic carbocycles. The zero-order chi connectivity index (χ0) is 22.8. The van der Waals surface area contributed by atoms with Crippen molar-refractivity contribution in [1.29, 1.82) is 0 Å². The van der Waals surface area contributed by atoms with Crippen molar-refractivity contribution in [2.24, 2.45) is 4.99 Å². The Bertz CT molecular complexity index is 913. The lowest BCUT2D eigenvalue weighted by Crippen LogP contribution is -2.46. The minimum Gasteiger partial charge on any atom is -0.356 e. The van der Waals surface area contributed by atoms with E-state index in [-0.39, 0.29) is 29.9 Å². The lowest BCUT2D eigenvalue weighted by atomic mass is 10.1. The summed E-state index contributed by atoms with van der Waals surface area (Å²) >= 11 is 0. The van der Waals surface area contributed by atoms with Gasteiger partial charge in [0.2, 0.25) is 0 Å². The number of nitrogens with zero attached hydrogens (tertiary/aromatic N) is 4. The van der Waals surface area contributed by atoms with E-state index in [0.717, 1.165) is 63.0 Å². The van der Waals surface area contributed by atoms with E-state index in [0.29, 0.717) is 12.1 Å². The van der Waals surface area contributed by atoms with Gasteiger partial charge in [-0.25, -0.2) is 4.98 Å². The van der Waals surface area contributed by atoms with Gasteiger partial charge < -0.3 is 25.8 Å². The topological polar surface area (TPSA) is 84.9 Å². The van der Waals surface area contributed by atoms with Crippen LogP contribution in [0.5, 0.6) is 0 Å². The molecule has 180 valence electrons. The Labute approximate surface area is 214 Å². The number of carbonyl (C=O) groups excluding carboxylic acids is 1. The molecule has 1 aliphatic rings. The molecule has 0 unspecified atom stereocenters. The molecule has 3 N–H and O–H groups in total. The van der Waals surface area contributed by atoms with Gasteiger partial charge in [0, 0.05) is 65.1 Å². The largest absolute Gasteiger partial charge is 0.356 e. The molecule has 0 radical (unpaired) electrons. The molecule has 1 fully saturated rings. The maximum Gasteiger partial charge on any atom is 0.251 e. The monoisotopic (exact) mass is 565 g/mol. The van der Waals surface area contributed by atoms with E-state index in [9.17, 15) is 4.79 Å². The minimum atomic E-state index is -0.0683. The van der Waals surface area contributed by atoms with Crippen LogP contribution < -0.4 is 20.9 Å². The molecule has 33 heavy (non-hydrogen) atoms. The van der Waals surface area contributed by atoms with E-state index >= 15 is 0 Å². The Morgan fingerprint density at radius 3 is 2.58 bits per heavy atom. The van der Waals surface area contributed by atoms with Crippen LogP contribution in [-0.2, 0) is 13.0 Å². The first kappa shape index (κ1) is 26.8. The summed E-state index contributed by atoms with van der Waals surface area (Å²) in [6.07, 6.45) is 2.68. The molecule has 0 bridgehead atoms. The average Bonchev–Trinajstić information content (AvgIpc) is 2.86. The lowest BCUT2D eigenvalue weighted by molar-refractivity contribution is 0.0963. The Balaban J connectivity index is 0.00000385. The molecule has 1 amide bonds. The average molecular weight is 566 g/mol. The Morgan fingerprint density at radius 2 is 1.88 bits per heavy atom. The highest BCUT2D eigenvalue weighted by atomic mass is 127. The fraction of sp³-hybridized carbons (Fsp3) is 0.458. The molecule has 1 aromatic heterocycles. The standard InChI is InChI=1S/C24H35N7O.HI/c1-4-30-12-14-31(15-13-30)22-17-20(9-10-27-22)18-29-24(26-3)28-11-8-19-6-5-7-21(16-19)23(32)25-2;/h5-7,9-10,16-17H,4,8,11-15,18H2,1-3H3,(H,25,32)(H2,26,28,29);1H. The number of hydrogen-bond donors (Lipinski definition) is 3. The molecule has 1 aliphatic heterocycles.